The van der Waals surface area contributed by atoms with Crippen LogP contribution in [0.5, 0.6) is 0 Å². The third-order valence-corrected chi connectivity index (χ3v) is 4.30. The first kappa shape index (κ1) is 16.5. The van der Waals surface area contributed by atoms with Gasteiger partial charge in [0.1, 0.15) is 5.82 Å². The molecule has 22 heavy (non-hydrogen) atoms. The Morgan fingerprint density at radius 1 is 1.18 bits per heavy atom. The Morgan fingerprint density at radius 3 is 2.41 bits per heavy atom. The Morgan fingerprint density at radius 2 is 1.82 bits per heavy atom. The van der Waals surface area contributed by atoms with E-state index in [1.54, 1.807) is 12.1 Å². The van der Waals surface area contributed by atoms with Gasteiger partial charge in [-0.15, -0.1) is 0 Å². The highest BCUT2D eigenvalue weighted by molar-refractivity contribution is 5.81. The molecular formula is C17H23FN2O2. The van der Waals surface area contributed by atoms with Crippen molar-refractivity contribution in [1.29, 1.82) is 0 Å². The lowest BCUT2D eigenvalue weighted by Gasteiger charge is -2.22. The number of nitrogens with two attached hydrogens (primary N) is 1. The maximum atomic E-state index is 12.9. The molecule has 4 nitrogen and oxygen atoms in total. The summed E-state index contributed by atoms with van der Waals surface area (Å²) in [5.41, 5.74) is 6.25. The van der Waals surface area contributed by atoms with E-state index in [0.29, 0.717) is 6.42 Å². The van der Waals surface area contributed by atoms with E-state index in [2.05, 4.69) is 5.32 Å². The molecule has 1 aromatic rings. The highest BCUT2D eigenvalue weighted by atomic mass is 19.1. The van der Waals surface area contributed by atoms with E-state index >= 15 is 0 Å². The normalized spacial score (nSPS) is 17.0. The molecule has 0 aliphatic heterocycles. The van der Waals surface area contributed by atoms with Crippen LogP contribution in [-0.4, -0.2) is 18.4 Å². The first-order valence-corrected chi connectivity index (χ1v) is 7.87. The van der Waals surface area contributed by atoms with E-state index in [-0.39, 0.29) is 24.2 Å². The number of primary amides is 1. The number of amides is 2. The van der Waals surface area contributed by atoms with Gasteiger partial charge in [0.05, 0.1) is 5.92 Å². The number of halogens is 1. The second kappa shape index (κ2) is 7.92. The minimum atomic E-state index is -0.474. The highest BCUT2D eigenvalue weighted by Crippen LogP contribution is 2.23. The minimum Gasteiger partial charge on any atom is -0.369 e. The fourth-order valence-corrected chi connectivity index (χ4v) is 2.91. The average molecular weight is 306 g/mol. The van der Waals surface area contributed by atoms with E-state index in [1.807, 2.05) is 0 Å². The van der Waals surface area contributed by atoms with E-state index < -0.39 is 11.8 Å². The van der Waals surface area contributed by atoms with Crippen molar-refractivity contribution in [1.82, 2.24) is 5.32 Å². The molecule has 1 aliphatic rings. The van der Waals surface area contributed by atoms with Crippen molar-refractivity contribution < 1.29 is 14.0 Å². The summed E-state index contributed by atoms with van der Waals surface area (Å²) in [6, 6.07) is 5.98. The highest BCUT2D eigenvalue weighted by Gasteiger charge is 2.23. The van der Waals surface area contributed by atoms with Crippen LogP contribution in [0.15, 0.2) is 24.3 Å². The quantitative estimate of drug-likeness (QED) is 0.845. The molecule has 1 aliphatic carbocycles. The molecule has 120 valence electrons. The predicted molar refractivity (Wildman–Crippen MR) is 82.4 cm³/mol. The van der Waals surface area contributed by atoms with Crippen molar-refractivity contribution in [2.75, 3.05) is 6.54 Å². The summed E-state index contributed by atoms with van der Waals surface area (Å²) in [7, 11) is 0. The molecule has 0 saturated heterocycles. The lowest BCUT2D eigenvalue weighted by atomic mass is 9.88. The fourth-order valence-electron chi connectivity index (χ4n) is 2.91. The molecule has 0 radical (unpaired) electrons. The number of benzene rings is 1. The summed E-state index contributed by atoms with van der Waals surface area (Å²) in [6.45, 7) is 0.238. The molecule has 2 rings (SSSR count). The Kier molecular flexibility index (Phi) is 5.92. The summed E-state index contributed by atoms with van der Waals surface area (Å²) in [6.07, 6.45) is 5.62. The lowest BCUT2D eigenvalue weighted by molar-refractivity contribution is -0.126. The van der Waals surface area contributed by atoms with Crippen LogP contribution in [-0.2, 0) is 16.0 Å². The molecule has 0 aromatic heterocycles. The summed E-state index contributed by atoms with van der Waals surface area (Å²) < 4.78 is 12.9. The molecule has 0 spiro atoms. The van der Waals surface area contributed by atoms with Gasteiger partial charge in [0, 0.05) is 12.5 Å². The zero-order valence-corrected chi connectivity index (χ0v) is 12.7. The molecule has 2 amide bonds. The molecule has 1 atom stereocenters. The number of rotatable bonds is 6. The Balaban J connectivity index is 1.87. The van der Waals surface area contributed by atoms with Crippen LogP contribution in [0.2, 0.25) is 0 Å². The zero-order valence-electron chi connectivity index (χ0n) is 12.7. The van der Waals surface area contributed by atoms with Gasteiger partial charge < -0.3 is 11.1 Å². The van der Waals surface area contributed by atoms with Crippen LogP contribution in [0, 0.1) is 17.7 Å². The Bertz CT molecular complexity index is 510. The van der Waals surface area contributed by atoms with E-state index in [4.69, 9.17) is 5.73 Å². The molecule has 1 fully saturated rings. The average Bonchev–Trinajstić information content (AvgIpc) is 2.53. The van der Waals surface area contributed by atoms with Crippen LogP contribution in [0.3, 0.4) is 0 Å². The summed E-state index contributed by atoms with van der Waals surface area (Å²) in [4.78, 5) is 23.7. The van der Waals surface area contributed by atoms with Gasteiger partial charge in [0.2, 0.25) is 11.8 Å². The van der Waals surface area contributed by atoms with Crippen molar-refractivity contribution in [2.45, 2.75) is 38.5 Å². The first-order chi connectivity index (χ1) is 10.6. The van der Waals surface area contributed by atoms with Crippen molar-refractivity contribution in [2.24, 2.45) is 17.6 Å². The zero-order chi connectivity index (χ0) is 15.9. The van der Waals surface area contributed by atoms with Gasteiger partial charge in [-0.1, -0.05) is 31.4 Å². The van der Waals surface area contributed by atoms with Gasteiger partial charge in [-0.05, 0) is 37.0 Å². The summed E-state index contributed by atoms with van der Waals surface area (Å²) in [5.74, 6) is -1.16. The summed E-state index contributed by atoms with van der Waals surface area (Å²) >= 11 is 0. The van der Waals surface area contributed by atoms with Crippen molar-refractivity contribution in [3.05, 3.63) is 35.6 Å². The maximum absolute atomic E-state index is 12.9. The number of carbonyl (C=O) groups is 2. The van der Waals surface area contributed by atoms with Gasteiger partial charge in [-0.3, -0.25) is 9.59 Å². The second-order valence-corrected chi connectivity index (χ2v) is 6.01. The Hall–Kier alpha value is -1.91. The van der Waals surface area contributed by atoms with Gasteiger partial charge in [-0.2, -0.15) is 0 Å². The molecule has 0 heterocycles. The van der Waals surface area contributed by atoms with Crippen molar-refractivity contribution in [3.8, 4) is 0 Å². The van der Waals surface area contributed by atoms with Gasteiger partial charge in [0.25, 0.3) is 0 Å². The summed E-state index contributed by atoms with van der Waals surface area (Å²) in [5, 5.41) is 2.85. The van der Waals surface area contributed by atoms with E-state index in [0.717, 1.165) is 31.2 Å². The van der Waals surface area contributed by atoms with E-state index in [9.17, 15) is 14.0 Å². The largest absolute Gasteiger partial charge is 0.369 e. The van der Waals surface area contributed by atoms with Crippen molar-refractivity contribution >= 4 is 11.8 Å². The minimum absolute atomic E-state index is 0.0186. The Labute approximate surface area is 130 Å². The topological polar surface area (TPSA) is 72.2 Å². The monoisotopic (exact) mass is 306 g/mol. The van der Waals surface area contributed by atoms with Crippen LogP contribution < -0.4 is 11.1 Å². The van der Waals surface area contributed by atoms with Crippen LogP contribution in [0.1, 0.15) is 37.7 Å². The van der Waals surface area contributed by atoms with Crippen LogP contribution in [0.25, 0.3) is 0 Å². The SMILES string of the molecule is NC(=O)C(CNC(=O)C1CCCCC1)Cc1ccc(F)cc1. The molecule has 1 saturated carbocycles. The molecule has 1 unspecified atom stereocenters. The third kappa shape index (κ3) is 4.83. The maximum Gasteiger partial charge on any atom is 0.223 e. The molecule has 1 aromatic carbocycles. The first-order valence-electron chi connectivity index (χ1n) is 7.87. The van der Waals surface area contributed by atoms with Gasteiger partial charge in [-0.25, -0.2) is 4.39 Å². The van der Waals surface area contributed by atoms with Gasteiger partial charge >= 0.3 is 0 Å². The smallest absolute Gasteiger partial charge is 0.223 e. The number of carbonyl (C=O) groups excluding carboxylic acids is 2. The molecule has 5 heteroatoms. The third-order valence-electron chi connectivity index (χ3n) is 4.30. The number of hydrogen-bond acceptors (Lipinski definition) is 2. The van der Waals surface area contributed by atoms with Crippen molar-refractivity contribution in [3.63, 3.8) is 0 Å². The van der Waals surface area contributed by atoms with E-state index in [1.165, 1.54) is 18.6 Å². The lowest BCUT2D eigenvalue weighted by Crippen LogP contribution is -2.40. The molecule has 3 N–H and O–H groups in total. The van der Waals surface area contributed by atoms with Gasteiger partial charge in [0.15, 0.2) is 0 Å². The molecular weight excluding hydrogens is 283 g/mol. The van der Waals surface area contributed by atoms with Crippen LogP contribution >= 0.6 is 0 Å². The molecule has 0 bridgehead atoms. The predicted octanol–water partition coefficient (Wildman–Crippen LogP) is 2.17. The fraction of sp³-hybridized carbons (Fsp3) is 0.529. The number of hydrogen-bond donors (Lipinski definition) is 2. The standard InChI is InChI=1S/C17H23FN2O2/c18-15-8-6-12(7-9-15)10-14(16(19)21)11-20-17(22)13-4-2-1-3-5-13/h6-9,13-14H,1-5,10-11H2,(H2,19,21)(H,20,22). The van der Waals surface area contributed by atoms with Crippen LogP contribution in [0.4, 0.5) is 4.39 Å². The number of nitrogens with one attached hydrogen (secondary N) is 1. The second-order valence-electron chi connectivity index (χ2n) is 6.01.